The van der Waals surface area contributed by atoms with Gasteiger partial charge >= 0.3 is 0 Å². The van der Waals surface area contributed by atoms with Gasteiger partial charge in [-0.2, -0.15) is 0 Å². The summed E-state index contributed by atoms with van der Waals surface area (Å²) in [6, 6.07) is 0. The van der Waals surface area contributed by atoms with Crippen molar-refractivity contribution in [2.45, 2.75) is 24.7 Å². The summed E-state index contributed by atoms with van der Waals surface area (Å²) in [6.07, 6.45) is 0.0628. The number of nitrogens with two attached hydrogens (primary N) is 2. The third kappa shape index (κ3) is 3.05. The standard InChI is InChI=1S/C8H18N2OS/c1-6(11-4)8(3,5-9)12-7(2)10/h6H,2,5,9-10H2,1,3-4H3. The molecule has 0 rings (SSSR count). The SMILES string of the molecule is C=C(N)SC(C)(CN)C(C)OC. The van der Waals surface area contributed by atoms with E-state index in [1.54, 1.807) is 7.11 Å². The average molecular weight is 190 g/mol. The number of ether oxygens (including phenoxy) is 1. The fourth-order valence-electron chi connectivity index (χ4n) is 0.839. The number of methoxy groups -OCH3 is 1. The molecule has 0 heterocycles. The Bertz CT molecular complexity index is 163. The third-order valence-corrected chi connectivity index (χ3v) is 3.21. The molecule has 0 aliphatic carbocycles. The van der Waals surface area contributed by atoms with E-state index in [2.05, 4.69) is 6.58 Å². The Morgan fingerprint density at radius 1 is 1.75 bits per heavy atom. The number of hydrogen-bond acceptors (Lipinski definition) is 4. The van der Waals surface area contributed by atoms with Gasteiger partial charge in [0.1, 0.15) is 0 Å². The Balaban J connectivity index is 4.32. The number of hydrogen-bond donors (Lipinski definition) is 2. The van der Waals surface area contributed by atoms with Crippen LogP contribution >= 0.6 is 11.8 Å². The maximum absolute atomic E-state index is 5.63. The first-order valence-corrected chi connectivity index (χ1v) is 4.64. The van der Waals surface area contributed by atoms with E-state index in [4.69, 9.17) is 16.2 Å². The van der Waals surface area contributed by atoms with Gasteiger partial charge in [-0.3, -0.25) is 0 Å². The lowest BCUT2D eigenvalue weighted by molar-refractivity contribution is 0.0907. The minimum Gasteiger partial charge on any atom is -0.394 e. The highest BCUT2D eigenvalue weighted by molar-refractivity contribution is 8.04. The minimum absolute atomic E-state index is 0.0628. The van der Waals surface area contributed by atoms with Gasteiger partial charge < -0.3 is 16.2 Å². The molecule has 0 bridgehead atoms. The summed E-state index contributed by atoms with van der Waals surface area (Å²) >= 11 is 1.47. The first kappa shape index (κ1) is 11.8. The summed E-state index contributed by atoms with van der Waals surface area (Å²) in [5, 5.41) is 0.576. The zero-order chi connectivity index (χ0) is 9.78. The van der Waals surface area contributed by atoms with Crippen molar-refractivity contribution in [2.24, 2.45) is 11.5 Å². The molecule has 0 aliphatic rings. The molecule has 2 unspecified atom stereocenters. The molecule has 0 radical (unpaired) electrons. The molecule has 0 aromatic carbocycles. The van der Waals surface area contributed by atoms with Crippen LogP contribution in [0.2, 0.25) is 0 Å². The lowest BCUT2D eigenvalue weighted by Gasteiger charge is -2.32. The van der Waals surface area contributed by atoms with E-state index in [-0.39, 0.29) is 10.9 Å². The second-order valence-electron chi connectivity index (χ2n) is 2.96. The highest BCUT2D eigenvalue weighted by atomic mass is 32.2. The van der Waals surface area contributed by atoms with Gasteiger partial charge in [-0.25, -0.2) is 0 Å². The smallest absolute Gasteiger partial charge is 0.0703 e. The fourth-order valence-corrected chi connectivity index (χ4v) is 1.78. The maximum Gasteiger partial charge on any atom is 0.0703 e. The van der Waals surface area contributed by atoms with Crippen molar-refractivity contribution in [3.63, 3.8) is 0 Å². The molecule has 0 amide bonds. The molecule has 72 valence electrons. The van der Waals surface area contributed by atoms with E-state index in [0.29, 0.717) is 11.6 Å². The molecule has 0 aliphatic heterocycles. The molecule has 0 saturated carbocycles. The van der Waals surface area contributed by atoms with Gasteiger partial charge in [-0.15, -0.1) is 0 Å². The van der Waals surface area contributed by atoms with Crippen LogP contribution < -0.4 is 11.5 Å². The quantitative estimate of drug-likeness (QED) is 0.676. The second-order valence-corrected chi connectivity index (χ2v) is 4.62. The van der Waals surface area contributed by atoms with Gasteiger partial charge in [-0.1, -0.05) is 18.3 Å². The minimum atomic E-state index is -0.180. The molecular weight excluding hydrogens is 172 g/mol. The Labute approximate surface area is 78.5 Å². The molecule has 0 saturated heterocycles. The van der Waals surface area contributed by atoms with Crippen molar-refractivity contribution in [1.82, 2.24) is 0 Å². The molecule has 4 heteroatoms. The Morgan fingerprint density at radius 3 is 2.50 bits per heavy atom. The lowest BCUT2D eigenvalue weighted by atomic mass is 10.1. The molecule has 4 N–H and O–H groups in total. The second kappa shape index (κ2) is 4.74. The van der Waals surface area contributed by atoms with Crippen molar-refractivity contribution in [3.8, 4) is 0 Å². The van der Waals surface area contributed by atoms with Gasteiger partial charge in [0.05, 0.1) is 15.9 Å². The first-order valence-electron chi connectivity index (χ1n) is 3.82. The Hall–Kier alpha value is -0.190. The summed E-state index contributed by atoms with van der Waals surface area (Å²) < 4.78 is 5.03. The summed E-state index contributed by atoms with van der Waals surface area (Å²) in [5.74, 6) is 0. The van der Waals surface area contributed by atoms with Crippen LogP contribution in [0.5, 0.6) is 0 Å². The predicted molar refractivity (Wildman–Crippen MR) is 54.8 cm³/mol. The van der Waals surface area contributed by atoms with Crippen LogP contribution in [0, 0.1) is 0 Å². The van der Waals surface area contributed by atoms with Gasteiger partial charge in [0, 0.05) is 13.7 Å². The molecular formula is C8H18N2OS. The summed E-state index contributed by atoms with van der Waals surface area (Å²) in [5.41, 5.74) is 11.1. The van der Waals surface area contributed by atoms with Crippen molar-refractivity contribution in [1.29, 1.82) is 0 Å². The highest BCUT2D eigenvalue weighted by Gasteiger charge is 2.31. The van der Waals surface area contributed by atoms with Crippen LogP contribution in [0.1, 0.15) is 13.8 Å². The zero-order valence-corrected chi connectivity index (χ0v) is 8.78. The molecule has 12 heavy (non-hydrogen) atoms. The summed E-state index contributed by atoms with van der Waals surface area (Å²) in [4.78, 5) is 0. The summed E-state index contributed by atoms with van der Waals surface area (Å²) in [7, 11) is 1.67. The molecule has 2 atom stereocenters. The van der Waals surface area contributed by atoms with Crippen LogP contribution in [0.15, 0.2) is 11.6 Å². The molecule has 0 aromatic rings. The third-order valence-electron chi connectivity index (χ3n) is 1.98. The van der Waals surface area contributed by atoms with Crippen molar-refractivity contribution < 1.29 is 4.74 Å². The number of thioether (sulfide) groups is 1. The van der Waals surface area contributed by atoms with Gasteiger partial charge in [0.25, 0.3) is 0 Å². The van der Waals surface area contributed by atoms with E-state index >= 15 is 0 Å². The van der Waals surface area contributed by atoms with Gasteiger partial charge in [0.2, 0.25) is 0 Å². The largest absolute Gasteiger partial charge is 0.394 e. The predicted octanol–water partition coefficient (Wildman–Crippen LogP) is 0.902. The zero-order valence-electron chi connectivity index (χ0n) is 7.96. The van der Waals surface area contributed by atoms with E-state index < -0.39 is 0 Å². The van der Waals surface area contributed by atoms with Crippen LogP contribution in [0.3, 0.4) is 0 Å². The number of rotatable bonds is 5. The van der Waals surface area contributed by atoms with Crippen LogP contribution in [-0.4, -0.2) is 24.5 Å². The lowest BCUT2D eigenvalue weighted by Crippen LogP contribution is -2.42. The van der Waals surface area contributed by atoms with Crippen LogP contribution in [0.4, 0.5) is 0 Å². The van der Waals surface area contributed by atoms with Crippen molar-refractivity contribution in [3.05, 3.63) is 11.6 Å². The molecule has 0 aromatic heterocycles. The molecule has 0 fully saturated rings. The van der Waals surface area contributed by atoms with Gasteiger partial charge in [-0.05, 0) is 13.8 Å². The van der Waals surface area contributed by atoms with E-state index in [9.17, 15) is 0 Å². The molecule has 3 nitrogen and oxygen atoms in total. The van der Waals surface area contributed by atoms with Crippen LogP contribution in [-0.2, 0) is 4.74 Å². The first-order chi connectivity index (χ1) is 5.46. The Morgan fingerprint density at radius 2 is 2.25 bits per heavy atom. The van der Waals surface area contributed by atoms with E-state index in [1.165, 1.54) is 11.8 Å². The topological polar surface area (TPSA) is 61.3 Å². The van der Waals surface area contributed by atoms with E-state index in [1.807, 2.05) is 13.8 Å². The summed E-state index contributed by atoms with van der Waals surface area (Å²) in [6.45, 7) is 8.14. The van der Waals surface area contributed by atoms with E-state index in [0.717, 1.165) is 0 Å². The van der Waals surface area contributed by atoms with Crippen molar-refractivity contribution in [2.75, 3.05) is 13.7 Å². The highest BCUT2D eigenvalue weighted by Crippen LogP contribution is 2.32. The average Bonchev–Trinajstić information content (AvgIpc) is 2.01. The van der Waals surface area contributed by atoms with Gasteiger partial charge in [0.15, 0.2) is 0 Å². The van der Waals surface area contributed by atoms with Crippen LogP contribution in [0.25, 0.3) is 0 Å². The molecule has 0 spiro atoms. The van der Waals surface area contributed by atoms with Crippen molar-refractivity contribution >= 4 is 11.8 Å². The maximum atomic E-state index is 5.63. The Kier molecular flexibility index (Phi) is 4.67. The monoisotopic (exact) mass is 190 g/mol. The fraction of sp³-hybridized carbons (Fsp3) is 0.750. The normalized spacial score (nSPS) is 18.3.